The molecular formula is C9H11F2NS. The second kappa shape index (κ2) is 4.46. The van der Waals surface area contributed by atoms with Crippen LogP contribution in [0, 0.1) is 6.92 Å². The first-order valence-corrected chi connectivity index (χ1v) is 4.85. The zero-order valence-electron chi connectivity index (χ0n) is 7.26. The van der Waals surface area contributed by atoms with Crippen molar-refractivity contribution in [1.82, 2.24) is 0 Å². The fraction of sp³-hybridized carbons (Fsp3) is 0.333. The largest absolute Gasteiger partial charge is 0.399 e. The average Bonchev–Trinajstić information content (AvgIpc) is 2.06. The van der Waals surface area contributed by atoms with Gasteiger partial charge in [-0.3, -0.25) is 0 Å². The van der Waals surface area contributed by atoms with Crippen LogP contribution >= 0.6 is 11.8 Å². The molecule has 4 heteroatoms. The SMILES string of the molecule is Cc1ccc(N)cc1SCC(F)F. The first-order valence-electron chi connectivity index (χ1n) is 3.86. The molecule has 0 radical (unpaired) electrons. The summed E-state index contributed by atoms with van der Waals surface area (Å²) in [5.74, 6) is -0.176. The van der Waals surface area contributed by atoms with E-state index in [1.54, 1.807) is 12.1 Å². The van der Waals surface area contributed by atoms with E-state index in [1.807, 2.05) is 13.0 Å². The van der Waals surface area contributed by atoms with E-state index in [4.69, 9.17) is 5.73 Å². The standard InChI is InChI=1S/C9H11F2NS/c1-6-2-3-7(12)4-8(6)13-5-9(10)11/h2-4,9H,5,12H2,1H3. The Bertz CT molecular complexity index is 289. The Morgan fingerprint density at radius 1 is 1.46 bits per heavy atom. The summed E-state index contributed by atoms with van der Waals surface area (Å²) >= 11 is 1.14. The van der Waals surface area contributed by atoms with Crippen LogP contribution in [-0.4, -0.2) is 12.2 Å². The fourth-order valence-electron chi connectivity index (χ4n) is 0.925. The van der Waals surface area contributed by atoms with Crippen LogP contribution in [0.1, 0.15) is 5.56 Å². The van der Waals surface area contributed by atoms with Gasteiger partial charge in [-0.1, -0.05) is 6.07 Å². The van der Waals surface area contributed by atoms with Gasteiger partial charge in [0.05, 0.1) is 5.75 Å². The highest BCUT2D eigenvalue weighted by atomic mass is 32.2. The van der Waals surface area contributed by atoms with Crippen LogP contribution in [0.2, 0.25) is 0 Å². The number of aryl methyl sites for hydroxylation is 1. The van der Waals surface area contributed by atoms with Crippen molar-refractivity contribution in [2.75, 3.05) is 11.5 Å². The third-order valence-electron chi connectivity index (χ3n) is 1.58. The average molecular weight is 203 g/mol. The van der Waals surface area contributed by atoms with E-state index in [9.17, 15) is 8.78 Å². The summed E-state index contributed by atoms with van der Waals surface area (Å²) in [6.07, 6.45) is -2.27. The number of hydrogen-bond acceptors (Lipinski definition) is 2. The number of nitrogen functional groups attached to an aromatic ring is 1. The summed E-state index contributed by atoms with van der Waals surface area (Å²) in [5, 5.41) is 0. The molecule has 0 unspecified atom stereocenters. The molecule has 0 aliphatic carbocycles. The molecule has 0 atom stereocenters. The van der Waals surface area contributed by atoms with Crippen molar-refractivity contribution in [3.63, 3.8) is 0 Å². The highest BCUT2D eigenvalue weighted by Gasteiger charge is 2.05. The van der Waals surface area contributed by atoms with Crippen molar-refractivity contribution < 1.29 is 8.78 Å². The molecule has 72 valence electrons. The lowest BCUT2D eigenvalue weighted by molar-refractivity contribution is 0.177. The Morgan fingerprint density at radius 2 is 2.15 bits per heavy atom. The molecule has 0 heterocycles. The van der Waals surface area contributed by atoms with Gasteiger partial charge in [-0.15, -0.1) is 11.8 Å². The minimum atomic E-state index is -2.27. The second-order valence-corrected chi connectivity index (χ2v) is 3.79. The molecule has 0 amide bonds. The quantitative estimate of drug-likeness (QED) is 0.603. The van der Waals surface area contributed by atoms with E-state index in [0.29, 0.717) is 5.69 Å². The number of anilines is 1. The molecule has 2 N–H and O–H groups in total. The van der Waals surface area contributed by atoms with Gasteiger partial charge in [0.2, 0.25) is 6.43 Å². The third-order valence-corrected chi connectivity index (χ3v) is 2.75. The summed E-state index contributed by atoms with van der Waals surface area (Å²) < 4.78 is 23.8. The summed E-state index contributed by atoms with van der Waals surface area (Å²) in [4.78, 5) is 0.834. The molecule has 0 aliphatic heterocycles. The summed E-state index contributed by atoms with van der Waals surface area (Å²) in [6.45, 7) is 1.88. The lowest BCUT2D eigenvalue weighted by Gasteiger charge is -2.05. The van der Waals surface area contributed by atoms with E-state index in [1.165, 1.54) is 0 Å². The number of rotatable bonds is 3. The monoisotopic (exact) mass is 203 g/mol. The minimum absolute atomic E-state index is 0.176. The van der Waals surface area contributed by atoms with Crippen LogP contribution in [-0.2, 0) is 0 Å². The van der Waals surface area contributed by atoms with Crippen molar-refractivity contribution in [3.8, 4) is 0 Å². The second-order valence-electron chi connectivity index (χ2n) is 2.73. The van der Waals surface area contributed by atoms with Gasteiger partial charge in [0.1, 0.15) is 0 Å². The minimum Gasteiger partial charge on any atom is -0.399 e. The number of halogens is 2. The number of alkyl halides is 2. The molecular weight excluding hydrogens is 192 g/mol. The lowest BCUT2D eigenvalue weighted by atomic mass is 10.2. The van der Waals surface area contributed by atoms with Crippen molar-refractivity contribution in [2.45, 2.75) is 18.2 Å². The zero-order valence-corrected chi connectivity index (χ0v) is 8.07. The molecule has 0 spiro atoms. The Morgan fingerprint density at radius 3 is 2.77 bits per heavy atom. The highest BCUT2D eigenvalue weighted by molar-refractivity contribution is 7.99. The molecule has 1 aromatic carbocycles. The van der Waals surface area contributed by atoms with E-state index in [-0.39, 0.29) is 5.75 Å². The Labute approximate surface area is 80.3 Å². The van der Waals surface area contributed by atoms with Gasteiger partial charge in [-0.2, -0.15) is 0 Å². The van der Waals surface area contributed by atoms with Crippen molar-refractivity contribution in [2.24, 2.45) is 0 Å². The third kappa shape index (κ3) is 3.22. The highest BCUT2D eigenvalue weighted by Crippen LogP contribution is 2.25. The van der Waals surface area contributed by atoms with Gasteiger partial charge >= 0.3 is 0 Å². The Kier molecular flexibility index (Phi) is 3.54. The smallest absolute Gasteiger partial charge is 0.247 e. The van der Waals surface area contributed by atoms with Gasteiger partial charge < -0.3 is 5.73 Å². The molecule has 1 rings (SSSR count). The first-order chi connectivity index (χ1) is 6.09. The summed E-state index contributed by atoms with van der Waals surface area (Å²) in [5.41, 5.74) is 7.13. The summed E-state index contributed by atoms with van der Waals surface area (Å²) in [6, 6.07) is 5.33. The van der Waals surface area contributed by atoms with Gasteiger partial charge in [0.15, 0.2) is 0 Å². The predicted molar refractivity (Wildman–Crippen MR) is 52.3 cm³/mol. The van der Waals surface area contributed by atoms with Gasteiger partial charge in [0.25, 0.3) is 0 Å². The lowest BCUT2D eigenvalue weighted by Crippen LogP contribution is -1.95. The van der Waals surface area contributed by atoms with Crippen LogP contribution in [0.4, 0.5) is 14.5 Å². The Balaban J connectivity index is 2.70. The molecule has 1 nitrogen and oxygen atoms in total. The number of benzene rings is 1. The molecule has 13 heavy (non-hydrogen) atoms. The molecule has 0 fully saturated rings. The number of hydrogen-bond donors (Lipinski definition) is 1. The molecule has 0 aromatic heterocycles. The van der Waals surface area contributed by atoms with Crippen LogP contribution in [0.5, 0.6) is 0 Å². The van der Waals surface area contributed by atoms with Crippen LogP contribution in [0.25, 0.3) is 0 Å². The van der Waals surface area contributed by atoms with Crippen molar-refractivity contribution in [3.05, 3.63) is 23.8 Å². The van der Waals surface area contributed by atoms with Crippen LogP contribution < -0.4 is 5.73 Å². The van der Waals surface area contributed by atoms with Crippen molar-refractivity contribution >= 4 is 17.4 Å². The zero-order chi connectivity index (χ0) is 9.84. The summed E-state index contributed by atoms with van der Waals surface area (Å²) in [7, 11) is 0. The topological polar surface area (TPSA) is 26.0 Å². The normalized spacial score (nSPS) is 10.8. The maximum Gasteiger partial charge on any atom is 0.247 e. The van der Waals surface area contributed by atoms with E-state index in [0.717, 1.165) is 22.2 Å². The maximum atomic E-state index is 11.9. The van der Waals surface area contributed by atoms with Crippen LogP contribution in [0.3, 0.4) is 0 Å². The van der Waals surface area contributed by atoms with E-state index >= 15 is 0 Å². The molecule has 0 bridgehead atoms. The Hall–Kier alpha value is -0.770. The van der Waals surface area contributed by atoms with Crippen LogP contribution in [0.15, 0.2) is 23.1 Å². The van der Waals surface area contributed by atoms with Gasteiger partial charge in [-0.05, 0) is 24.6 Å². The van der Waals surface area contributed by atoms with Gasteiger partial charge in [0, 0.05) is 10.6 Å². The fourth-order valence-corrected chi connectivity index (χ4v) is 1.75. The van der Waals surface area contributed by atoms with E-state index in [2.05, 4.69) is 0 Å². The number of thioether (sulfide) groups is 1. The molecule has 0 aliphatic rings. The first kappa shape index (κ1) is 10.3. The molecule has 0 saturated carbocycles. The van der Waals surface area contributed by atoms with Gasteiger partial charge in [-0.25, -0.2) is 8.78 Å². The molecule has 0 saturated heterocycles. The number of nitrogens with two attached hydrogens (primary N) is 1. The predicted octanol–water partition coefficient (Wildman–Crippen LogP) is 2.93. The van der Waals surface area contributed by atoms with E-state index < -0.39 is 6.43 Å². The van der Waals surface area contributed by atoms with Crippen molar-refractivity contribution in [1.29, 1.82) is 0 Å². The maximum absolute atomic E-state index is 11.9. The molecule has 1 aromatic rings.